The molecule has 1 aromatic carbocycles. The minimum atomic E-state index is -1.01. The lowest BCUT2D eigenvalue weighted by molar-refractivity contribution is -0.155. The van der Waals surface area contributed by atoms with Crippen LogP contribution in [-0.4, -0.2) is 150 Å². The molecule has 1 saturated carbocycles. The third-order valence-corrected chi connectivity index (χ3v) is 15.9. The molecule has 0 spiro atoms. The molecule has 7 heterocycles. The van der Waals surface area contributed by atoms with Crippen molar-refractivity contribution in [3.8, 4) is 22.5 Å². The maximum absolute atomic E-state index is 14.7. The highest BCUT2D eigenvalue weighted by molar-refractivity contribution is 7.59. The van der Waals surface area contributed by atoms with Crippen LogP contribution in [0.3, 0.4) is 0 Å². The highest BCUT2D eigenvalue weighted by Crippen LogP contribution is 2.43. The fourth-order valence-corrected chi connectivity index (χ4v) is 11.8. The van der Waals surface area contributed by atoms with Gasteiger partial charge < -0.3 is 39.0 Å². The van der Waals surface area contributed by atoms with Gasteiger partial charge in [0.25, 0.3) is 5.91 Å². The molecule has 398 valence electrons. The van der Waals surface area contributed by atoms with Crippen LogP contribution < -0.4 is 15.6 Å². The maximum atomic E-state index is 14.7. The molecule has 16 nitrogen and oxygen atoms in total. The summed E-state index contributed by atoms with van der Waals surface area (Å²) in [5.74, 6) is -1.14. The number of carbonyl (C=O) groups is 4. The van der Waals surface area contributed by atoms with E-state index >= 15 is 0 Å². The summed E-state index contributed by atoms with van der Waals surface area (Å²) in [7, 11) is 5.60. The van der Waals surface area contributed by atoms with Gasteiger partial charge in [0, 0.05) is 106 Å². The first-order valence-electron chi connectivity index (χ1n) is 24.9. The van der Waals surface area contributed by atoms with Crippen LogP contribution in [0, 0.1) is 11.3 Å². The molecule has 4 aromatic rings. The number of aryl methyl sites for hydroxylation is 1. The normalized spacial score (nSPS) is 21.4. The number of carbonyl (C=O) groups excluding carboxylic acids is 4. The van der Waals surface area contributed by atoms with Crippen LogP contribution in [0.25, 0.3) is 33.4 Å². The minimum absolute atomic E-state index is 0. The highest BCUT2D eigenvalue weighted by atomic mass is 32.1. The molecule has 3 saturated heterocycles. The number of aromatic nitrogens is 3. The molecule has 2 N–H and O–H groups in total. The number of anilines is 1. The van der Waals surface area contributed by atoms with Crippen LogP contribution in [0.5, 0.6) is 0 Å². The first kappa shape index (κ1) is 59.2. The van der Waals surface area contributed by atoms with Crippen LogP contribution in [0.15, 0.2) is 35.8 Å². The number of thiazole rings is 1. The standard InChI is InChI=1S/C51H70N10O6S.4H2S/c1-8-60-42-17-16-34-25-36(42)38(46(60)37-26-35(29-52-44(37)32(2)66-7)58-23-21-56(5)22-24-58)28-51(3,4)31-67-49(64)39-15-11-20-61(55-39)48(63)40(27-43-53-41(34)30-68-43)54-47(62)45(33-13-9-10-14-33)57(6)50(65)59-18-12-19-59;;;;/h16-17,25-26,29-30,32-33,39-40,45,55H,8-15,18-24,27-28,31H2,1-7H3,(H,54,62);4*1H2/t32-,39-,40-,45-;;;;/m0..../s1. The van der Waals surface area contributed by atoms with Gasteiger partial charge in [0.15, 0.2) is 0 Å². The molecule has 9 rings (SSSR count). The lowest BCUT2D eigenvalue weighted by Crippen LogP contribution is -2.63. The van der Waals surface area contributed by atoms with E-state index < -0.39 is 29.5 Å². The van der Waals surface area contributed by atoms with Gasteiger partial charge in [-0.25, -0.2) is 15.2 Å². The Morgan fingerprint density at radius 3 is 2.38 bits per heavy atom. The predicted octanol–water partition coefficient (Wildman–Crippen LogP) is 6.72. The zero-order chi connectivity index (χ0) is 47.9. The molecule has 0 radical (unpaired) electrons. The summed E-state index contributed by atoms with van der Waals surface area (Å²) in [6, 6.07) is 6.17. The van der Waals surface area contributed by atoms with E-state index in [1.807, 2.05) is 18.5 Å². The minimum Gasteiger partial charge on any atom is -0.464 e. The van der Waals surface area contributed by atoms with Crippen LogP contribution in [-0.2, 0) is 43.2 Å². The summed E-state index contributed by atoms with van der Waals surface area (Å²) < 4.78 is 14.6. The smallest absolute Gasteiger partial charge is 0.324 e. The number of hydrogen-bond donors (Lipinski definition) is 2. The summed E-state index contributed by atoms with van der Waals surface area (Å²) in [5, 5.41) is 8.41. The molecular weight excluding hydrogens is 1010 g/mol. The van der Waals surface area contributed by atoms with Crippen molar-refractivity contribution in [2.24, 2.45) is 11.3 Å². The number of amides is 4. The molecule has 4 atom stereocenters. The summed E-state index contributed by atoms with van der Waals surface area (Å²) >= 11 is 1.46. The number of esters is 1. The Labute approximate surface area is 457 Å². The fourth-order valence-electron chi connectivity index (χ4n) is 10.9. The number of fused-ring (bicyclic) bond motifs is 6. The number of pyridine rings is 1. The number of piperazine rings is 1. The predicted molar refractivity (Wildman–Crippen MR) is 306 cm³/mol. The van der Waals surface area contributed by atoms with Crippen molar-refractivity contribution in [1.82, 2.24) is 45.0 Å². The van der Waals surface area contributed by atoms with E-state index in [0.29, 0.717) is 50.4 Å². The largest absolute Gasteiger partial charge is 0.464 e. The van der Waals surface area contributed by atoms with Gasteiger partial charge in [-0.15, -0.1) is 11.3 Å². The Hall–Kier alpha value is -3.70. The van der Waals surface area contributed by atoms with Crippen LogP contribution in [0.4, 0.5) is 10.5 Å². The average Bonchev–Trinajstić information content (AvgIpc) is 4.09. The van der Waals surface area contributed by atoms with Crippen molar-refractivity contribution >= 4 is 106 Å². The Morgan fingerprint density at radius 1 is 0.986 bits per heavy atom. The van der Waals surface area contributed by atoms with Crippen LogP contribution in [0.2, 0.25) is 0 Å². The number of benzene rings is 1. The summed E-state index contributed by atoms with van der Waals surface area (Å²) in [5.41, 5.74) is 10.6. The van der Waals surface area contributed by atoms with E-state index in [0.717, 1.165) is 109 Å². The number of methoxy groups -OCH3 is 1. The van der Waals surface area contributed by atoms with E-state index in [4.69, 9.17) is 19.4 Å². The number of likely N-dealkylation sites (tertiary alicyclic amines) is 1. The van der Waals surface area contributed by atoms with E-state index in [-0.39, 0.29) is 96.9 Å². The summed E-state index contributed by atoms with van der Waals surface area (Å²) in [6.07, 6.45) is 8.11. The third kappa shape index (κ3) is 12.3. The molecule has 1 aliphatic carbocycles. The van der Waals surface area contributed by atoms with Gasteiger partial charge >= 0.3 is 12.0 Å². The Kier molecular flexibility index (Phi) is 20.7. The quantitative estimate of drug-likeness (QED) is 0.172. The van der Waals surface area contributed by atoms with E-state index in [9.17, 15) is 19.2 Å². The van der Waals surface area contributed by atoms with E-state index in [1.165, 1.54) is 16.3 Å². The number of cyclic esters (lactones) is 1. The molecule has 4 fully saturated rings. The van der Waals surface area contributed by atoms with Crippen molar-refractivity contribution in [2.75, 3.05) is 78.5 Å². The Bertz CT molecular complexity index is 2520. The molecule has 4 amide bonds. The van der Waals surface area contributed by atoms with Gasteiger partial charge in [0.05, 0.1) is 46.7 Å². The number of ether oxygens (including phenoxy) is 2. The number of hydrazine groups is 1. The number of urea groups is 1. The molecule has 3 aromatic heterocycles. The Morgan fingerprint density at radius 2 is 1.71 bits per heavy atom. The van der Waals surface area contributed by atoms with Crippen molar-refractivity contribution in [1.29, 1.82) is 0 Å². The summed E-state index contributed by atoms with van der Waals surface area (Å²) in [4.78, 5) is 75.4. The van der Waals surface area contributed by atoms with Crippen molar-refractivity contribution < 1.29 is 28.7 Å². The molecule has 5 aliphatic rings. The zero-order valence-corrected chi connectivity index (χ0v) is 47.8. The lowest BCUT2D eigenvalue weighted by atomic mass is 9.84. The fraction of sp³-hybridized carbons (Fsp3) is 0.608. The van der Waals surface area contributed by atoms with Crippen molar-refractivity contribution in [3.05, 3.63) is 52.1 Å². The van der Waals surface area contributed by atoms with E-state index in [2.05, 4.69) is 77.2 Å². The first-order valence-corrected chi connectivity index (χ1v) is 25.7. The monoisotopic (exact) mass is 1090 g/mol. The molecule has 6 bridgehead atoms. The topological polar surface area (TPSA) is 158 Å². The molecule has 21 heteroatoms. The van der Waals surface area contributed by atoms with E-state index in [1.54, 1.807) is 24.0 Å². The van der Waals surface area contributed by atoms with Gasteiger partial charge in [-0.2, -0.15) is 54.0 Å². The SMILES string of the molecule is CCn1c(-c2cc(N3CCN(C)CC3)cnc2[C@H](C)OC)c2c3cc(ccc31)-c1csc(n1)C[C@H](NC(=O)[C@H](C1CCCC1)N(C)C(=O)N1CCC1)C(=O)N1CCC[C@H](N1)C(=O)OCC(C)(C)C2.S.S.S.S. The zero-order valence-electron chi connectivity index (χ0n) is 43.0. The Balaban J connectivity index is 0.00000241. The van der Waals surface area contributed by atoms with Gasteiger partial charge in [0.1, 0.15) is 18.1 Å². The molecule has 0 unspecified atom stereocenters. The average molecular weight is 1090 g/mol. The van der Waals surface area contributed by atoms with Gasteiger partial charge in [-0.1, -0.05) is 32.8 Å². The second-order valence-electron chi connectivity index (χ2n) is 20.5. The summed E-state index contributed by atoms with van der Waals surface area (Å²) in [6.45, 7) is 14.8. The third-order valence-electron chi connectivity index (χ3n) is 15.0. The van der Waals surface area contributed by atoms with Gasteiger partial charge in [-0.05, 0) is 89.1 Å². The van der Waals surface area contributed by atoms with Gasteiger partial charge in [0.2, 0.25) is 5.91 Å². The number of hydrogen-bond acceptors (Lipinski definition) is 12. The second kappa shape index (κ2) is 25.2. The number of nitrogens with zero attached hydrogens (tertiary/aromatic N) is 8. The van der Waals surface area contributed by atoms with Gasteiger partial charge in [-0.3, -0.25) is 24.4 Å². The van der Waals surface area contributed by atoms with Crippen molar-refractivity contribution in [3.63, 3.8) is 0 Å². The number of likely N-dealkylation sites (N-methyl/N-ethyl adjacent to an activating group) is 2. The molecular formula is C51H78N10O6S5. The molecule has 4 aliphatic heterocycles. The first-order chi connectivity index (χ1) is 32.7. The lowest BCUT2D eigenvalue weighted by Gasteiger charge is -2.40. The highest BCUT2D eigenvalue weighted by Gasteiger charge is 2.42. The number of rotatable bonds is 9. The van der Waals surface area contributed by atoms with Crippen molar-refractivity contribution in [2.45, 2.75) is 116 Å². The van der Waals surface area contributed by atoms with Crippen LogP contribution in [0.1, 0.15) is 95.0 Å². The second-order valence-corrected chi connectivity index (χ2v) is 21.4. The number of nitrogens with one attached hydrogen (secondary N) is 2. The maximum Gasteiger partial charge on any atom is 0.324 e. The van der Waals surface area contributed by atoms with Crippen LogP contribution >= 0.6 is 65.3 Å². The molecule has 72 heavy (non-hydrogen) atoms.